The van der Waals surface area contributed by atoms with Gasteiger partial charge in [0.15, 0.2) is 20.3 Å². The van der Waals surface area contributed by atoms with Gasteiger partial charge in [-0.3, -0.25) is 14.3 Å². The Morgan fingerprint density at radius 2 is 2.04 bits per heavy atom. The predicted molar refractivity (Wildman–Crippen MR) is 93.7 cm³/mol. The zero-order chi connectivity index (χ0) is 18.3. The molecule has 0 unspecified atom stereocenters. The number of H-pyrrole nitrogens is 1. The second-order valence-corrected chi connectivity index (χ2v) is 12.9. The molecule has 2 atom stereocenters. The molecule has 136 valence electrons. The van der Waals surface area contributed by atoms with Crippen LogP contribution in [-0.4, -0.2) is 37.4 Å². The zero-order valence-corrected chi connectivity index (χ0v) is 16.6. The van der Waals surface area contributed by atoms with Crippen molar-refractivity contribution in [3.8, 4) is 0 Å². The van der Waals surface area contributed by atoms with Crippen molar-refractivity contribution < 1.29 is 13.9 Å². The summed E-state index contributed by atoms with van der Waals surface area (Å²) in [5.41, 5.74) is -1.42. The molecule has 8 heteroatoms. The summed E-state index contributed by atoms with van der Waals surface area (Å²) < 4.78 is 19.1. The lowest BCUT2D eigenvalue weighted by molar-refractivity contribution is -0.131. The summed E-state index contributed by atoms with van der Waals surface area (Å²) in [6, 6.07) is 0. The number of nitrogens with zero attached hydrogens (tertiary/aromatic N) is 1. The van der Waals surface area contributed by atoms with Crippen LogP contribution in [0.4, 0.5) is 0 Å². The summed E-state index contributed by atoms with van der Waals surface area (Å²) in [7, 11) is -1.90. The normalized spacial score (nSPS) is 25.2. The Hall–Kier alpha value is -1.22. The van der Waals surface area contributed by atoms with Gasteiger partial charge in [-0.2, -0.15) is 0 Å². The molecular formula is C16H28N2O5Si. The number of aryl methyl sites for hydroxylation is 1. The van der Waals surface area contributed by atoms with Gasteiger partial charge in [-0.25, -0.2) is 4.79 Å². The van der Waals surface area contributed by atoms with Crippen molar-refractivity contribution in [2.75, 3.05) is 13.2 Å². The lowest BCUT2D eigenvalue weighted by atomic mass is 10.2. The van der Waals surface area contributed by atoms with E-state index in [9.17, 15) is 9.59 Å². The molecule has 24 heavy (non-hydrogen) atoms. The third kappa shape index (κ3) is 3.71. The molecule has 0 bridgehead atoms. The fourth-order valence-electron chi connectivity index (χ4n) is 2.22. The lowest BCUT2D eigenvalue weighted by Gasteiger charge is -2.36. The molecule has 1 saturated heterocycles. The summed E-state index contributed by atoms with van der Waals surface area (Å²) >= 11 is 0. The SMILES string of the molecule is Cc1cn([C@]2(C)CO[C@@H](CO[Si](C)(C)C(C)(C)C)O2)c(=O)[nH]c1=O. The smallest absolute Gasteiger partial charge is 0.330 e. The molecule has 0 radical (unpaired) electrons. The van der Waals surface area contributed by atoms with E-state index in [4.69, 9.17) is 13.9 Å². The Morgan fingerprint density at radius 1 is 1.42 bits per heavy atom. The minimum Gasteiger partial charge on any atom is -0.412 e. The Kier molecular flexibility index (Phi) is 4.98. The highest BCUT2D eigenvalue weighted by atomic mass is 28.4. The van der Waals surface area contributed by atoms with Crippen LogP contribution in [0.15, 0.2) is 15.8 Å². The van der Waals surface area contributed by atoms with Gasteiger partial charge in [0.05, 0.1) is 13.2 Å². The van der Waals surface area contributed by atoms with Gasteiger partial charge in [-0.05, 0) is 32.0 Å². The Labute approximate surface area is 143 Å². The van der Waals surface area contributed by atoms with Crippen LogP contribution in [0.3, 0.4) is 0 Å². The van der Waals surface area contributed by atoms with E-state index < -0.39 is 31.6 Å². The van der Waals surface area contributed by atoms with Gasteiger partial charge in [0.25, 0.3) is 5.56 Å². The van der Waals surface area contributed by atoms with E-state index in [1.54, 1.807) is 13.8 Å². The number of ether oxygens (including phenoxy) is 2. The number of aromatic nitrogens is 2. The Bertz CT molecular complexity index is 718. The van der Waals surface area contributed by atoms with Crippen LogP contribution in [-0.2, 0) is 19.6 Å². The molecule has 1 aromatic rings. The number of nitrogens with one attached hydrogen (secondary N) is 1. The Morgan fingerprint density at radius 3 is 2.62 bits per heavy atom. The van der Waals surface area contributed by atoms with Crippen molar-refractivity contribution in [2.45, 2.75) is 64.8 Å². The van der Waals surface area contributed by atoms with Crippen LogP contribution in [0.1, 0.15) is 33.3 Å². The van der Waals surface area contributed by atoms with E-state index in [0.29, 0.717) is 12.2 Å². The van der Waals surface area contributed by atoms with E-state index in [-0.39, 0.29) is 11.6 Å². The van der Waals surface area contributed by atoms with Crippen molar-refractivity contribution in [1.29, 1.82) is 0 Å². The maximum atomic E-state index is 12.1. The van der Waals surface area contributed by atoms with Gasteiger partial charge in [0.2, 0.25) is 0 Å². The molecule has 1 fully saturated rings. The molecule has 2 rings (SSSR count). The Balaban J connectivity index is 2.11. The largest absolute Gasteiger partial charge is 0.412 e. The van der Waals surface area contributed by atoms with Crippen LogP contribution >= 0.6 is 0 Å². The van der Waals surface area contributed by atoms with Crippen LogP contribution in [0.2, 0.25) is 18.1 Å². The van der Waals surface area contributed by atoms with Gasteiger partial charge >= 0.3 is 5.69 Å². The average molecular weight is 356 g/mol. The van der Waals surface area contributed by atoms with Crippen molar-refractivity contribution in [1.82, 2.24) is 9.55 Å². The molecule has 0 saturated carbocycles. The van der Waals surface area contributed by atoms with Gasteiger partial charge in [0.1, 0.15) is 0 Å². The molecule has 1 aromatic heterocycles. The maximum absolute atomic E-state index is 12.1. The lowest BCUT2D eigenvalue weighted by Crippen LogP contribution is -2.45. The first-order chi connectivity index (χ1) is 10.9. The molecule has 1 aliphatic heterocycles. The molecular weight excluding hydrogens is 328 g/mol. The summed E-state index contributed by atoms with van der Waals surface area (Å²) in [4.78, 5) is 25.9. The van der Waals surface area contributed by atoms with E-state index >= 15 is 0 Å². The third-order valence-electron chi connectivity index (χ3n) is 4.94. The van der Waals surface area contributed by atoms with Gasteiger partial charge < -0.3 is 13.9 Å². The minimum absolute atomic E-state index is 0.0991. The predicted octanol–water partition coefficient (Wildman–Crippen LogP) is 1.91. The molecule has 1 aliphatic rings. The first-order valence-electron chi connectivity index (χ1n) is 8.12. The molecule has 7 nitrogen and oxygen atoms in total. The summed E-state index contributed by atoms with van der Waals surface area (Å²) in [6.07, 6.45) is 0.963. The van der Waals surface area contributed by atoms with E-state index in [0.717, 1.165) is 0 Å². The fraction of sp³-hybridized carbons (Fsp3) is 0.750. The topological polar surface area (TPSA) is 82.6 Å². The molecule has 1 N–H and O–H groups in total. The second-order valence-electron chi connectivity index (χ2n) is 8.05. The highest BCUT2D eigenvalue weighted by Gasteiger charge is 2.42. The van der Waals surface area contributed by atoms with Crippen LogP contribution in [0, 0.1) is 6.92 Å². The summed E-state index contributed by atoms with van der Waals surface area (Å²) in [5.74, 6) is 0. The van der Waals surface area contributed by atoms with Crippen molar-refractivity contribution >= 4 is 8.32 Å². The molecule has 0 aromatic carbocycles. The van der Waals surface area contributed by atoms with Crippen LogP contribution in [0.5, 0.6) is 0 Å². The quantitative estimate of drug-likeness (QED) is 0.833. The minimum atomic E-state index is -1.90. The van der Waals surface area contributed by atoms with Gasteiger partial charge in [0, 0.05) is 11.8 Å². The molecule has 0 spiro atoms. The maximum Gasteiger partial charge on any atom is 0.330 e. The van der Waals surface area contributed by atoms with Crippen LogP contribution in [0.25, 0.3) is 0 Å². The van der Waals surface area contributed by atoms with Gasteiger partial charge in [-0.1, -0.05) is 20.8 Å². The summed E-state index contributed by atoms with van der Waals surface area (Å²) in [6.45, 7) is 14.8. The monoisotopic (exact) mass is 356 g/mol. The first-order valence-corrected chi connectivity index (χ1v) is 11.0. The fourth-order valence-corrected chi connectivity index (χ4v) is 3.20. The standard InChI is InChI=1S/C16H28N2O5Si/c1-11-8-18(14(20)17-13(11)19)16(5)10-21-12(23-16)9-22-24(6,7)15(2,3)4/h8,12H,9-10H2,1-7H3,(H,17,19,20)/t12-,16+/m1/s1. The van der Waals surface area contributed by atoms with E-state index in [2.05, 4.69) is 38.8 Å². The zero-order valence-electron chi connectivity index (χ0n) is 15.6. The first kappa shape index (κ1) is 19.1. The number of aromatic amines is 1. The molecule has 0 amide bonds. The number of hydrogen-bond acceptors (Lipinski definition) is 5. The van der Waals surface area contributed by atoms with Crippen LogP contribution < -0.4 is 11.2 Å². The highest BCUT2D eigenvalue weighted by Crippen LogP contribution is 2.37. The number of hydrogen-bond donors (Lipinski definition) is 1. The van der Waals surface area contributed by atoms with Crippen molar-refractivity contribution in [3.63, 3.8) is 0 Å². The molecule has 0 aliphatic carbocycles. The number of rotatable bonds is 4. The van der Waals surface area contributed by atoms with E-state index in [1.807, 2.05) is 0 Å². The van der Waals surface area contributed by atoms with Gasteiger partial charge in [-0.15, -0.1) is 0 Å². The second kappa shape index (κ2) is 6.25. The highest BCUT2D eigenvalue weighted by molar-refractivity contribution is 6.74. The van der Waals surface area contributed by atoms with Crippen molar-refractivity contribution in [3.05, 3.63) is 32.6 Å². The van der Waals surface area contributed by atoms with E-state index in [1.165, 1.54) is 10.8 Å². The summed E-state index contributed by atoms with van der Waals surface area (Å²) in [5, 5.41) is 0.0991. The molecule has 2 heterocycles. The van der Waals surface area contributed by atoms with Crippen molar-refractivity contribution in [2.24, 2.45) is 0 Å². The third-order valence-corrected chi connectivity index (χ3v) is 9.44. The average Bonchev–Trinajstić information content (AvgIpc) is 2.82.